The van der Waals surface area contributed by atoms with Crippen LogP contribution < -0.4 is 4.74 Å². The molecule has 3 heteroatoms. The molecule has 0 aliphatic carbocycles. The Morgan fingerprint density at radius 2 is 1.73 bits per heavy atom. The maximum absolute atomic E-state index is 12.0. The van der Waals surface area contributed by atoms with E-state index in [1.54, 1.807) is 0 Å². The molecule has 1 aromatic rings. The third kappa shape index (κ3) is 4.33. The van der Waals surface area contributed by atoms with Crippen molar-refractivity contribution >= 4 is 5.78 Å². The molecule has 0 aromatic heterocycles. The number of carbonyl (C=O) groups excluding carboxylic acids is 1. The molecule has 22 heavy (non-hydrogen) atoms. The van der Waals surface area contributed by atoms with Gasteiger partial charge in [-0.3, -0.25) is 4.79 Å². The lowest BCUT2D eigenvalue weighted by Gasteiger charge is -2.27. The van der Waals surface area contributed by atoms with Crippen LogP contribution in [0.3, 0.4) is 0 Å². The van der Waals surface area contributed by atoms with Gasteiger partial charge in [-0.1, -0.05) is 47.6 Å². The fourth-order valence-electron chi connectivity index (χ4n) is 2.30. The van der Waals surface area contributed by atoms with Crippen LogP contribution >= 0.6 is 0 Å². The van der Waals surface area contributed by atoms with Gasteiger partial charge in [-0.05, 0) is 42.5 Å². The van der Waals surface area contributed by atoms with Crippen LogP contribution in [0.25, 0.3) is 0 Å². The molecule has 0 radical (unpaired) electrons. The number of aliphatic hydroxyl groups is 1. The molecule has 1 rings (SSSR count). The van der Waals surface area contributed by atoms with E-state index in [0.29, 0.717) is 12.8 Å². The molecular weight excluding hydrogens is 276 g/mol. The van der Waals surface area contributed by atoms with E-state index in [-0.39, 0.29) is 12.4 Å². The molecule has 0 saturated heterocycles. The summed E-state index contributed by atoms with van der Waals surface area (Å²) in [6.07, 6.45) is 2.15. The molecule has 0 heterocycles. The van der Waals surface area contributed by atoms with Crippen molar-refractivity contribution in [2.24, 2.45) is 5.41 Å². The predicted octanol–water partition coefficient (Wildman–Crippen LogP) is 4.25. The van der Waals surface area contributed by atoms with E-state index in [0.717, 1.165) is 23.3 Å². The van der Waals surface area contributed by atoms with Crippen molar-refractivity contribution in [2.75, 3.05) is 6.61 Å². The lowest BCUT2D eigenvalue weighted by Crippen LogP contribution is -2.26. The highest BCUT2D eigenvalue weighted by Crippen LogP contribution is 2.32. The van der Waals surface area contributed by atoms with Crippen molar-refractivity contribution in [3.8, 4) is 5.75 Å². The Morgan fingerprint density at radius 3 is 2.18 bits per heavy atom. The first-order valence-corrected chi connectivity index (χ1v) is 8.19. The van der Waals surface area contributed by atoms with Crippen LogP contribution in [0.5, 0.6) is 5.75 Å². The minimum atomic E-state index is -0.788. The molecule has 1 N–H and O–H groups in total. The molecule has 1 aromatic carbocycles. The second kappa shape index (κ2) is 7.28. The van der Waals surface area contributed by atoms with Gasteiger partial charge in [-0.25, -0.2) is 0 Å². The Bertz CT molecular complexity index is 508. The van der Waals surface area contributed by atoms with Crippen molar-refractivity contribution in [1.29, 1.82) is 0 Å². The summed E-state index contributed by atoms with van der Waals surface area (Å²) in [4.78, 5) is 12.0. The van der Waals surface area contributed by atoms with Crippen molar-refractivity contribution in [2.45, 2.75) is 66.4 Å². The second-order valence-electron chi connectivity index (χ2n) is 6.88. The molecule has 0 aliphatic heterocycles. The van der Waals surface area contributed by atoms with Gasteiger partial charge in [-0.2, -0.15) is 0 Å². The number of hydrogen-bond acceptors (Lipinski definition) is 3. The molecule has 0 fully saturated rings. The summed E-state index contributed by atoms with van der Waals surface area (Å²) in [6, 6.07) is 5.79. The van der Waals surface area contributed by atoms with Crippen LogP contribution in [-0.4, -0.2) is 17.5 Å². The highest BCUT2D eigenvalue weighted by atomic mass is 16.5. The highest BCUT2D eigenvalue weighted by Gasteiger charge is 2.26. The maximum atomic E-state index is 12.0. The van der Waals surface area contributed by atoms with Gasteiger partial charge in [-0.15, -0.1) is 0 Å². The second-order valence-corrected chi connectivity index (χ2v) is 6.88. The number of ether oxygens (including phenoxy) is 1. The molecular formula is C19H30O3. The number of carbonyl (C=O) groups is 1. The van der Waals surface area contributed by atoms with Crippen molar-refractivity contribution in [3.05, 3.63) is 29.3 Å². The van der Waals surface area contributed by atoms with Crippen molar-refractivity contribution in [1.82, 2.24) is 0 Å². The van der Waals surface area contributed by atoms with Gasteiger partial charge >= 0.3 is 0 Å². The zero-order valence-electron chi connectivity index (χ0n) is 14.8. The number of aryl methyl sites for hydroxylation is 1. The first kappa shape index (κ1) is 18.7. The first-order chi connectivity index (χ1) is 10.2. The summed E-state index contributed by atoms with van der Waals surface area (Å²) in [5.41, 5.74) is 0.768. The maximum Gasteiger partial charge on any atom is 0.175 e. The zero-order valence-corrected chi connectivity index (χ0v) is 14.8. The first-order valence-electron chi connectivity index (χ1n) is 8.19. The molecule has 0 atom stereocenters. The number of Topliss-reactive ketones (excluding diaryl/α,β-unsaturated/α-hetero) is 1. The summed E-state index contributed by atoms with van der Waals surface area (Å²) >= 11 is 0. The van der Waals surface area contributed by atoms with E-state index in [1.165, 1.54) is 0 Å². The van der Waals surface area contributed by atoms with Gasteiger partial charge in [0.25, 0.3) is 0 Å². The van der Waals surface area contributed by atoms with Gasteiger partial charge in [0.05, 0.1) is 5.60 Å². The summed E-state index contributed by atoms with van der Waals surface area (Å²) in [6.45, 7) is 11.8. The molecule has 124 valence electrons. The van der Waals surface area contributed by atoms with E-state index in [2.05, 4.69) is 6.92 Å². The highest BCUT2D eigenvalue weighted by molar-refractivity contribution is 5.85. The number of rotatable bonds is 7. The van der Waals surface area contributed by atoms with Gasteiger partial charge in [0.15, 0.2) is 5.78 Å². The van der Waals surface area contributed by atoms with Gasteiger partial charge in [0.2, 0.25) is 0 Å². The lowest BCUT2D eigenvalue weighted by molar-refractivity contribution is -0.128. The SMILES string of the molecule is CCc1cc(C(O)(CC)CC)ccc1OCC(=O)C(C)(C)C. The van der Waals surface area contributed by atoms with E-state index >= 15 is 0 Å². The minimum absolute atomic E-state index is 0.0808. The van der Waals surface area contributed by atoms with Crippen molar-refractivity contribution < 1.29 is 14.6 Å². The van der Waals surface area contributed by atoms with E-state index in [4.69, 9.17) is 4.74 Å². The Morgan fingerprint density at radius 1 is 1.14 bits per heavy atom. The molecule has 0 unspecified atom stereocenters. The Hall–Kier alpha value is -1.35. The molecule has 3 nitrogen and oxygen atoms in total. The van der Waals surface area contributed by atoms with Crippen molar-refractivity contribution in [3.63, 3.8) is 0 Å². The number of benzene rings is 1. The monoisotopic (exact) mass is 306 g/mol. The van der Waals surface area contributed by atoms with Crippen LogP contribution in [0.15, 0.2) is 18.2 Å². The molecule has 0 spiro atoms. The van der Waals surface area contributed by atoms with Crippen LogP contribution in [0, 0.1) is 5.41 Å². The molecule has 0 saturated carbocycles. The van der Waals surface area contributed by atoms with Crippen LogP contribution in [-0.2, 0) is 16.8 Å². The fraction of sp³-hybridized carbons (Fsp3) is 0.632. The zero-order chi connectivity index (χ0) is 17.0. The van der Waals surface area contributed by atoms with Gasteiger partial charge in [0.1, 0.15) is 12.4 Å². The van der Waals surface area contributed by atoms with Crippen LogP contribution in [0.2, 0.25) is 0 Å². The standard InChI is InChI=1S/C19H30O3/c1-7-14-12-15(19(21,8-2)9-3)10-11-16(14)22-13-17(20)18(4,5)6/h10-12,21H,7-9,13H2,1-6H3. The Balaban J connectivity index is 2.97. The Labute approximate surface area is 134 Å². The predicted molar refractivity (Wildman–Crippen MR) is 90.3 cm³/mol. The summed E-state index contributed by atoms with van der Waals surface area (Å²) in [7, 11) is 0. The largest absolute Gasteiger partial charge is 0.486 e. The average molecular weight is 306 g/mol. The fourth-order valence-corrected chi connectivity index (χ4v) is 2.30. The quantitative estimate of drug-likeness (QED) is 0.819. The van der Waals surface area contributed by atoms with E-state index in [9.17, 15) is 9.90 Å². The molecule has 0 aliphatic rings. The minimum Gasteiger partial charge on any atom is -0.486 e. The third-order valence-electron chi connectivity index (χ3n) is 4.34. The van der Waals surface area contributed by atoms with Crippen LogP contribution in [0.1, 0.15) is 65.5 Å². The lowest BCUT2D eigenvalue weighted by atomic mass is 9.87. The third-order valence-corrected chi connectivity index (χ3v) is 4.34. The number of ketones is 1. The van der Waals surface area contributed by atoms with Gasteiger partial charge in [0, 0.05) is 5.41 Å². The number of hydrogen-bond donors (Lipinski definition) is 1. The smallest absolute Gasteiger partial charge is 0.175 e. The van der Waals surface area contributed by atoms with Crippen LogP contribution in [0.4, 0.5) is 0 Å². The molecule has 0 amide bonds. The Kier molecular flexibility index (Phi) is 6.18. The average Bonchev–Trinajstić information content (AvgIpc) is 2.50. The van der Waals surface area contributed by atoms with E-state index < -0.39 is 11.0 Å². The summed E-state index contributed by atoms with van der Waals surface area (Å²) in [5, 5.41) is 10.6. The van der Waals surface area contributed by atoms with Gasteiger partial charge < -0.3 is 9.84 Å². The topological polar surface area (TPSA) is 46.5 Å². The van der Waals surface area contributed by atoms with E-state index in [1.807, 2.05) is 52.8 Å². The molecule has 0 bridgehead atoms. The normalized spacial score (nSPS) is 12.3. The summed E-state index contributed by atoms with van der Waals surface area (Å²) in [5.74, 6) is 0.815. The summed E-state index contributed by atoms with van der Waals surface area (Å²) < 4.78 is 5.72.